The van der Waals surface area contributed by atoms with Gasteiger partial charge in [0.2, 0.25) is 0 Å². The Kier molecular flexibility index (Phi) is 12.9. The molecule has 0 aromatic heterocycles. The molecule has 0 radical (unpaired) electrons. The SMILES string of the molecule is CCO[Si](OCC)(OCC)OCCCCCCBr. The van der Waals surface area contributed by atoms with Gasteiger partial charge in [0, 0.05) is 31.8 Å². The van der Waals surface area contributed by atoms with E-state index in [1.54, 1.807) is 0 Å². The zero-order valence-corrected chi connectivity index (χ0v) is 14.5. The Morgan fingerprint density at radius 1 is 0.722 bits per heavy atom. The number of rotatable bonds is 13. The summed E-state index contributed by atoms with van der Waals surface area (Å²) in [6.45, 7) is 8.09. The molecule has 0 bridgehead atoms. The predicted molar refractivity (Wildman–Crippen MR) is 78.8 cm³/mol. The highest BCUT2D eigenvalue weighted by Gasteiger charge is 2.44. The van der Waals surface area contributed by atoms with E-state index in [2.05, 4.69) is 15.9 Å². The molecule has 0 atom stereocenters. The van der Waals surface area contributed by atoms with Crippen molar-refractivity contribution in [2.45, 2.75) is 46.5 Å². The minimum absolute atomic E-state index is 0.551. The van der Waals surface area contributed by atoms with E-state index < -0.39 is 9.05 Å². The Bertz CT molecular complexity index is 166. The summed E-state index contributed by atoms with van der Waals surface area (Å²) >= 11 is 3.43. The molecule has 0 heterocycles. The van der Waals surface area contributed by atoms with Gasteiger partial charge in [-0.2, -0.15) is 0 Å². The zero-order chi connectivity index (χ0) is 13.7. The van der Waals surface area contributed by atoms with Gasteiger partial charge in [0.25, 0.3) is 0 Å². The third-order valence-electron chi connectivity index (χ3n) is 2.27. The lowest BCUT2D eigenvalue weighted by molar-refractivity contribution is -0.0280. The fourth-order valence-electron chi connectivity index (χ4n) is 1.53. The summed E-state index contributed by atoms with van der Waals surface area (Å²) in [5.74, 6) is 0. The van der Waals surface area contributed by atoms with E-state index in [0.29, 0.717) is 26.4 Å². The van der Waals surface area contributed by atoms with Gasteiger partial charge in [-0.3, -0.25) is 0 Å². The second-order valence-corrected chi connectivity index (χ2v) is 6.70. The number of hydrogen-bond acceptors (Lipinski definition) is 4. The Morgan fingerprint density at radius 2 is 1.22 bits per heavy atom. The number of halogens is 1. The van der Waals surface area contributed by atoms with Gasteiger partial charge in [-0.05, 0) is 33.6 Å². The molecule has 0 saturated heterocycles. The molecule has 0 aromatic rings. The first-order valence-corrected chi connectivity index (χ1v) is 9.61. The van der Waals surface area contributed by atoms with Crippen LogP contribution >= 0.6 is 15.9 Å². The van der Waals surface area contributed by atoms with E-state index in [0.717, 1.165) is 11.8 Å². The molecule has 4 nitrogen and oxygen atoms in total. The predicted octanol–water partition coefficient (Wildman–Crippen LogP) is 3.50. The molecule has 0 aliphatic rings. The molecule has 0 spiro atoms. The van der Waals surface area contributed by atoms with Crippen molar-refractivity contribution in [3.05, 3.63) is 0 Å². The van der Waals surface area contributed by atoms with Gasteiger partial charge in [0.15, 0.2) is 0 Å². The maximum atomic E-state index is 5.79. The van der Waals surface area contributed by atoms with Gasteiger partial charge in [-0.1, -0.05) is 28.8 Å². The molecule has 18 heavy (non-hydrogen) atoms. The average Bonchev–Trinajstić information content (AvgIpc) is 2.35. The molecule has 0 saturated carbocycles. The highest BCUT2D eigenvalue weighted by molar-refractivity contribution is 9.09. The molecule has 0 aliphatic heterocycles. The van der Waals surface area contributed by atoms with Crippen LogP contribution in [0.25, 0.3) is 0 Å². The maximum absolute atomic E-state index is 5.79. The number of hydrogen-bond donors (Lipinski definition) is 0. The second kappa shape index (κ2) is 12.6. The molecule has 0 amide bonds. The van der Waals surface area contributed by atoms with Crippen molar-refractivity contribution in [3.8, 4) is 0 Å². The van der Waals surface area contributed by atoms with E-state index in [-0.39, 0.29) is 0 Å². The third kappa shape index (κ3) is 8.61. The van der Waals surface area contributed by atoms with Crippen molar-refractivity contribution in [2.24, 2.45) is 0 Å². The summed E-state index contributed by atoms with van der Waals surface area (Å²) in [5, 5.41) is 1.07. The summed E-state index contributed by atoms with van der Waals surface area (Å²) < 4.78 is 22.6. The first kappa shape index (κ1) is 18.5. The maximum Gasteiger partial charge on any atom is 0.679 e. The summed E-state index contributed by atoms with van der Waals surface area (Å²) in [4.78, 5) is 0. The van der Waals surface area contributed by atoms with Crippen molar-refractivity contribution in [2.75, 3.05) is 31.8 Å². The average molecular weight is 343 g/mol. The van der Waals surface area contributed by atoms with Crippen LogP contribution in [0.1, 0.15) is 46.5 Å². The lowest BCUT2D eigenvalue weighted by Crippen LogP contribution is -2.49. The quantitative estimate of drug-likeness (QED) is 0.291. The normalized spacial score (nSPS) is 12.0. The Morgan fingerprint density at radius 3 is 1.67 bits per heavy atom. The molecule has 0 N–H and O–H groups in total. The summed E-state index contributed by atoms with van der Waals surface area (Å²) in [6, 6.07) is 0. The van der Waals surface area contributed by atoms with Crippen LogP contribution in [-0.4, -0.2) is 40.8 Å². The summed E-state index contributed by atoms with van der Waals surface area (Å²) in [7, 11) is -2.87. The van der Waals surface area contributed by atoms with Crippen molar-refractivity contribution >= 4 is 25.0 Å². The fourth-order valence-corrected chi connectivity index (χ4v) is 3.88. The first-order chi connectivity index (χ1) is 8.74. The second-order valence-electron chi connectivity index (χ2n) is 3.75. The van der Waals surface area contributed by atoms with Gasteiger partial charge in [0.1, 0.15) is 0 Å². The fraction of sp³-hybridized carbons (Fsp3) is 1.00. The third-order valence-corrected chi connectivity index (χ3v) is 5.32. The largest absolute Gasteiger partial charge is 0.679 e. The molecule has 0 rings (SSSR count). The van der Waals surface area contributed by atoms with Crippen LogP contribution in [0.15, 0.2) is 0 Å². The van der Waals surface area contributed by atoms with E-state index in [1.165, 1.54) is 19.3 Å². The van der Waals surface area contributed by atoms with Gasteiger partial charge in [-0.15, -0.1) is 0 Å². The van der Waals surface area contributed by atoms with Crippen LogP contribution in [0.3, 0.4) is 0 Å². The lowest BCUT2D eigenvalue weighted by atomic mass is 10.2. The smallest absolute Gasteiger partial charge is 0.351 e. The van der Waals surface area contributed by atoms with E-state index in [4.69, 9.17) is 17.7 Å². The molecule has 0 aliphatic carbocycles. The van der Waals surface area contributed by atoms with E-state index in [1.807, 2.05) is 20.8 Å². The highest BCUT2D eigenvalue weighted by Crippen LogP contribution is 2.13. The van der Waals surface area contributed by atoms with Crippen molar-refractivity contribution in [1.29, 1.82) is 0 Å². The monoisotopic (exact) mass is 342 g/mol. The van der Waals surface area contributed by atoms with Crippen LogP contribution in [0.5, 0.6) is 0 Å². The van der Waals surface area contributed by atoms with Gasteiger partial charge in [-0.25, -0.2) is 0 Å². The zero-order valence-electron chi connectivity index (χ0n) is 11.9. The molecule has 0 unspecified atom stereocenters. The minimum Gasteiger partial charge on any atom is -0.351 e. The van der Waals surface area contributed by atoms with Gasteiger partial charge >= 0.3 is 9.05 Å². The molecule has 6 heteroatoms. The molecular weight excluding hydrogens is 316 g/mol. The Hall–Kier alpha value is 0.537. The Labute approximate surface area is 121 Å². The topological polar surface area (TPSA) is 36.9 Å². The minimum atomic E-state index is -2.87. The van der Waals surface area contributed by atoms with Crippen LogP contribution in [0.4, 0.5) is 0 Å². The highest BCUT2D eigenvalue weighted by atomic mass is 79.9. The van der Waals surface area contributed by atoms with Crippen LogP contribution in [0.2, 0.25) is 0 Å². The van der Waals surface area contributed by atoms with E-state index in [9.17, 15) is 0 Å². The molecule has 0 aromatic carbocycles. The van der Waals surface area contributed by atoms with Crippen molar-refractivity contribution in [3.63, 3.8) is 0 Å². The standard InChI is InChI=1S/C12H27BrO4Si/c1-4-14-18(15-5-2,16-6-3)17-12-10-8-7-9-11-13/h4-12H2,1-3H3. The number of unbranched alkanes of at least 4 members (excludes halogenated alkanes) is 3. The van der Waals surface area contributed by atoms with Crippen molar-refractivity contribution in [1.82, 2.24) is 0 Å². The Balaban J connectivity index is 3.97. The van der Waals surface area contributed by atoms with Gasteiger partial charge in [0.05, 0.1) is 0 Å². The summed E-state index contributed by atoms with van der Waals surface area (Å²) in [6.07, 6.45) is 4.63. The van der Waals surface area contributed by atoms with E-state index >= 15 is 0 Å². The molecule has 0 fully saturated rings. The first-order valence-electron chi connectivity index (χ1n) is 6.86. The van der Waals surface area contributed by atoms with Crippen LogP contribution in [-0.2, 0) is 17.7 Å². The number of alkyl halides is 1. The molecular formula is C12H27BrO4Si. The molecule has 110 valence electrons. The van der Waals surface area contributed by atoms with Crippen LogP contribution in [0, 0.1) is 0 Å². The van der Waals surface area contributed by atoms with Crippen LogP contribution < -0.4 is 0 Å². The lowest BCUT2D eigenvalue weighted by Gasteiger charge is -2.26. The van der Waals surface area contributed by atoms with Gasteiger partial charge < -0.3 is 17.7 Å². The summed E-state index contributed by atoms with van der Waals surface area (Å²) in [5.41, 5.74) is 0. The van der Waals surface area contributed by atoms with Crippen molar-refractivity contribution < 1.29 is 17.7 Å².